The highest BCUT2D eigenvalue weighted by Crippen LogP contribution is 2.32. The van der Waals surface area contributed by atoms with Gasteiger partial charge in [0.2, 0.25) is 0 Å². The second-order valence-electron chi connectivity index (χ2n) is 3.33. The van der Waals surface area contributed by atoms with E-state index in [4.69, 9.17) is 16.3 Å². The van der Waals surface area contributed by atoms with Crippen molar-refractivity contribution in [1.82, 2.24) is 0 Å². The van der Waals surface area contributed by atoms with Crippen molar-refractivity contribution in [3.8, 4) is 0 Å². The molecule has 1 unspecified atom stereocenters. The smallest absolute Gasteiger partial charge is 0.339 e. The average Bonchev–Trinajstić information content (AvgIpc) is 2.28. The molecule has 1 aromatic carbocycles. The Balaban J connectivity index is 2.42. The van der Waals surface area contributed by atoms with Gasteiger partial charge in [0.1, 0.15) is 0 Å². The van der Waals surface area contributed by atoms with E-state index in [2.05, 4.69) is 4.74 Å². The van der Waals surface area contributed by atoms with Gasteiger partial charge in [-0.2, -0.15) is 0 Å². The summed E-state index contributed by atoms with van der Waals surface area (Å²) in [4.78, 5) is 11.5. The Morgan fingerprint density at radius 1 is 1.60 bits per heavy atom. The van der Waals surface area contributed by atoms with Crippen molar-refractivity contribution in [1.29, 1.82) is 0 Å². The Morgan fingerprint density at radius 3 is 3.13 bits per heavy atom. The van der Waals surface area contributed by atoms with Gasteiger partial charge in [0.15, 0.2) is 6.10 Å². The Kier molecular flexibility index (Phi) is 2.93. The highest BCUT2D eigenvalue weighted by molar-refractivity contribution is 6.31. The van der Waals surface area contributed by atoms with Crippen LogP contribution < -0.4 is 0 Å². The van der Waals surface area contributed by atoms with E-state index in [0.717, 1.165) is 17.5 Å². The van der Waals surface area contributed by atoms with E-state index in [0.29, 0.717) is 11.6 Å². The number of rotatable bonds is 1. The molecule has 1 aliphatic rings. The molecule has 15 heavy (non-hydrogen) atoms. The lowest BCUT2D eigenvalue weighted by molar-refractivity contribution is -0.155. The van der Waals surface area contributed by atoms with Crippen LogP contribution in [-0.4, -0.2) is 19.7 Å². The van der Waals surface area contributed by atoms with Gasteiger partial charge < -0.3 is 9.47 Å². The molecule has 0 saturated carbocycles. The summed E-state index contributed by atoms with van der Waals surface area (Å²) < 4.78 is 10.1. The molecule has 0 saturated heterocycles. The summed E-state index contributed by atoms with van der Waals surface area (Å²) in [6, 6.07) is 5.48. The van der Waals surface area contributed by atoms with Crippen LogP contribution in [0, 0.1) is 0 Å². The van der Waals surface area contributed by atoms with Gasteiger partial charge in [-0.05, 0) is 23.6 Å². The summed E-state index contributed by atoms with van der Waals surface area (Å²) in [6.07, 6.45) is 0.111. The molecular weight excluding hydrogens is 216 g/mol. The third-order valence-corrected chi connectivity index (χ3v) is 2.84. The molecule has 0 fully saturated rings. The van der Waals surface area contributed by atoms with Crippen molar-refractivity contribution in [2.45, 2.75) is 12.5 Å². The maximum absolute atomic E-state index is 11.5. The lowest BCUT2D eigenvalue weighted by Crippen LogP contribution is -2.24. The maximum Gasteiger partial charge on any atom is 0.339 e. The summed E-state index contributed by atoms with van der Waals surface area (Å²) in [6.45, 7) is 0.497. The van der Waals surface area contributed by atoms with Crippen LogP contribution >= 0.6 is 11.6 Å². The quantitative estimate of drug-likeness (QED) is 0.689. The first-order chi connectivity index (χ1) is 7.24. The van der Waals surface area contributed by atoms with E-state index in [1.54, 1.807) is 0 Å². The van der Waals surface area contributed by atoms with Crippen LogP contribution in [0.2, 0.25) is 5.02 Å². The van der Waals surface area contributed by atoms with Crippen LogP contribution in [0.15, 0.2) is 18.2 Å². The number of halogens is 1. The lowest BCUT2D eigenvalue weighted by Gasteiger charge is -2.24. The molecule has 0 amide bonds. The largest absolute Gasteiger partial charge is 0.467 e. The van der Waals surface area contributed by atoms with Crippen molar-refractivity contribution in [3.05, 3.63) is 34.3 Å². The molecule has 1 aromatic rings. The van der Waals surface area contributed by atoms with Crippen molar-refractivity contribution < 1.29 is 14.3 Å². The van der Waals surface area contributed by atoms with Gasteiger partial charge >= 0.3 is 5.97 Å². The van der Waals surface area contributed by atoms with E-state index >= 15 is 0 Å². The zero-order valence-electron chi connectivity index (χ0n) is 8.33. The number of hydrogen-bond acceptors (Lipinski definition) is 3. The second kappa shape index (κ2) is 4.21. The van der Waals surface area contributed by atoms with Gasteiger partial charge in [0.25, 0.3) is 0 Å². The molecule has 0 bridgehead atoms. The highest BCUT2D eigenvalue weighted by atomic mass is 35.5. The monoisotopic (exact) mass is 226 g/mol. The zero-order valence-corrected chi connectivity index (χ0v) is 9.08. The fraction of sp³-hybridized carbons (Fsp3) is 0.364. The Morgan fingerprint density at radius 2 is 2.40 bits per heavy atom. The van der Waals surface area contributed by atoms with Crippen molar-refractivity contribution in [2.75, 3.05) is 13.7 Å². The predicted octanol–water partition coefficient (Wildman–Crippen LogP) is 2.13. The van der Waals surface area contributed by atoms with Crippen LogP contribution in [0.3, 0.4) is 0 Å². The van der Waals surface area contributed by atoms with Gasteiger partial charge in [-0.1, -0.05) is 23.7 Å². The van der Waals surface area contributed by atoms with E-state index < -0.39 is 6.10 Å². The number of ether oxygens (including phenoxy) is 2. The summed E-state index contributed by atoms with van der Waals surface area (Å²) in [5, 5.41) is 0.685. The predicted molar refractivity (Wildman–Crippen MR) is 55.9 cm³/mol. The van der Waals surface area contributed by atoms with Crippen molar-refractivity contribution in [3.63, 3.8) is 0 Å². The fourth-order valence-corrected chi connectivity index (χ4v) is 2.03. The third kappa shape index (κ3) is 1.85. The molecule has 1 heterocycles. The normalized spacial score (nSPS) is 19.5. The molecule has 80 valence electrons. The van der Waals surface area contributed by atoms with Crippen LogP contribution in [0.5, 0.6) is 0 Å². The van der Waals surface area contributed by atoms with E-state index in [9.17, 15) is 4.79 Å². The van der Waals surface area contributed by atoms with Crippen LogP contribution in [0.1, 0.15) is 17.2 Å². The van der Waals surface area contributed by atoms with Gasteiger partial charge in [-0.15, -0.1) is 0 Å². The van der Waals surface area contributed by atoms with E-state index in [-0.39, 0.29) is 5.97 Å². The lowest BCUT2D eigenvalue weighted by atomic mass is 9.97. The van der Waals surface area contributed by atoms with E-state index in [1.165, 1.54) is 7.11 Å². The van der Waals surface area contributed by atoms with Crippen LogP contribution in [-0.2, 0) is 20.7 Å². The minimum atomic E-state index is -0.627. The molecule has 1 aliphatic heterocycles. The number of carbonyl (C=O) groups is 1. The molecule has 4 heteroatoms. The average molecular weight is 227 g/mol. The third-order valence-electron chi connectivity index (χ3n) is 2.49. The number of benzene rings is 1. The molecule has 0 aliphatic carbocycles. The molecule has 0 radical (unpaired) electrons. The number of fused-ring (bicyclic) bond motifs is 1. The number of carbonyl (C=O) groups excluding carboxylic acids is 1. The maximum atomic E-state index is 11.5. The Hall–Kier alpha value is -1.06. The SMILES string of the molecule is COC(=O)C1OCCc2c(Cl)cccc21. The first-order valence-corrected chi connectivity index (χ1v) is 5.08. The zero-order chi connectivity index (χ0) is 10.8. The van der Waals surface area contributed by atoms with Gasteiger partial charge in [-0.3, -0.25) is 0 Å². The topological polar surface area (TPSA) is 35.5 Å². The molecule has 0 spiro atoms. The number of methoxy groups -OCH3 is 1. The fourth-order valence-electron chi connectivity index (χ4n) is 1.76. The molecule has 3 nitrogen and oxygen atoms in total. The van der Waals surface area contributed by atoms with Gasteiger partial charge in [0, 0.05) is 5.02 Å². The minimum absolute atomic E-state index is 0.377. The Labute approximate surface area is 92.9 Å². The highest BCUT2D eigenvalue weighted by Gasteiger charge is 2.29. The molecule has 2 rings (SSSR count). The summed E-state index contributed by atoms with van der Waals surface area (Å²) in [5.74, 6) is -0.377. The number of esters is 1. The molecule has 1 atom stereocenters. The first-order valence-electron chi connectivity index (χ1n) is 4.70. The van der Waals surface area contributed by atoms with Gasteiger partial charge in [-0.25, -0.2) is 4.79 Å². The summed E-state index contributed by atoms with van der Waals surface area (Å²) >= 11 is 6.05. The molecule has 0 aromatic heterocycles. The molecule has 0 N–H and O–H groups in total. The minimum Gasteiger partial charge on any atom is -0.467 e. The van der Waals surface area contributed by atoms with Crippen LogP contribution in [0.4, 0.5) is 0 Å². The standard InChI is InChI=1S/C11H11ClO3/c1-14-11(13)10-8-3-2-4-9(12)7(8)5-6-15-10/h2-4,10H,5-6H2,1H3. The summed E-state index contributed by atoms with van der Waals surface area (Å²) in [7, 11) is 1.35. The second-order valence-corrected chi connectivity index (χ2v) is 3.74. The Bertz CT molecular complexity index is 389. The van der Waals surface area contributed by atoms with Crippen molar-refractivity contribution >= 4 is 17.6 Å². The summed E-state index contributed by atoms with van der Waals surface area (Å²) in [5.41, 5.74) is 1.81. The van der Waals surface area contributed by atoms with E-state index in [1.807, 2.05) is 18.2 Å². The number of hydrogen-bond donors (Lipinski definition) is 0. The first kappa shape index (κ1) is 10.5. The molecular formula is C11H11ClO3. The van der Waals surface area contributed by atoms with Crippen LogP contribution in [0.25, 0.3) is 0 Å². The van der Waals surface area contributed by atoms with Crippen molar-refractivity contribution in [2.24, 2.45) is 0 Å². The van der Waals surface area contributed by atoms with Gasteiger partial charge in [0.05, 0.1) is 13.7 Å².